The van der Waals surface area contributed by atoms with Crippen LogP contribution in [-0.4, -0.2) is 29.1 Å². The zero-order chi connectivity index (χ0) is 14.2. The Balaban J connectivity index is 2.27. The first kappa shape index (κ1) is 14.3. The van der Waals surface area contributed by atoms with Gasteiger partial charge in [0.2, 0.25) is 0 Å². The first-order valence-electron chi connectivity index (χ1n) is 6.03. The van der Waals surface area contributed by atoms with Crippen LogP contribution in [0.4, 0.5) is 5.69 Å². The van der Waals surface area contributed by atoms with Crippen molar-refractivity contribution in [3.63, 3.8) is 0 Å². The molecule has 2 rings (SSSR count). The van der Waals surface area contributed by atoms with Gasteiger partial charge < -0.3 is 9.47 Å². The topological polar surface area (TPSA) is 61.6 Å². The Hall–Kier alpha value is -1.14. The summed E-state index contributed by atoms with van der Waals surface area (Å²) in [4.78, 5) is 11.0. The summed E-state index contributed by atoms with van der Waals surface area (Å²) in [5.41, 5.74) is 1.65. The summed E-state index contributed by atoms with van der Waals surface area (Å²) in [5, 5.41) is 11.1. The van der Waals surface area contributed by atoms with Crippen molar-refractivity contribution >= 4 is 21.6 Å². The van der Waals surface area contributed by atoms with Crippen molar-refractivity contribution in [1.82, 2.24) is 0 Å². The molecule has 3 unspecified atom stereocenters. The Morgan fingerprint density at radius 1 is 1.42 bits per heavy atom. The van der Waals surface area contributed by atoms with Crippen LogP contribution < -0.4 is 4.74 Å². The number of methoxy groups -OCH3 is 1. The number of alkyl halides is 1. The Morgan fingerprint density at radius 3 is 2.63 bits per heavy atom. The molecule has 0 heterocycles. The zero-order valence-electron chi connectivity index (χ0n) is 11.1. The maximum Gasteiger partial charge on any atom is 0.311 e. The first-order valence-corrected chi connectivity index (χ1v) is 6.94. The summed E-state index contributed by atoms with van der Waals surface area (Å²) in [6, 6.07) is 3.42. The smallest absolute Gasteiger partial charge is 0.311 e. The predicted octanol–water partition coefficient (Wildman–Crippen LogP) is 3.14. The van der Waals surface area contributed by atoms with Gasteiger partial charge in [-0.1, -0.05) is 22.0 Å². The molecule has 0 aliphatic heterocycles. The van der Waals surface area contributed by atoms with Crippen LogP contribution in [0.5, 0.6) is 5.75 Å². The van der Waals surface area contributed by atoms with E-state index in [-0.39, 0.29) is 22.7 Å². The summed E-state index contributed by atoms with van der Waals surface area (Å²) in [6.07, 6.45) is 0.568. The minimum Gasteiger partial charge on any atom is -0.480 e. The molecule has 0 aromatic heterocycles. The molecule has 0 spiro atoms. The van der Waals surface area contributed by atoms with Crippen LogP contribution in [0.2, 0.25) is 0 Å². The SMILES string of the molecule is COC1C(Br)CC1Oc1c(C)cc(C)cc1[N+](=O)[O-]. The van der Waals surface area contributed by atoms with Gasteiger partial charge in [0.05, 0.1) is 4.92 Å². The number of aryl methyl sites for hydroxylation is 2. The summed E-state index contributed by atoms with van der Waals surface area (Å²) in [5.74, 6) is 0.349. The lowest BCUT2D eigenvalue weighted by Crippen LogP contribution is -2.52. The highest BCUT2D eigenvalue weighted by Crippen LogP contribution is 2.38. The molecule has 0 radical (unpaired) electrons. The Labute approximate surface area is 120 Å². The zero-order valence-corrected chi connectivity index (χ0v) is 12.6. The molecule has 3 atom stereocenters. The van der Waals surface area contributed by atoms with E-state index in [4.69, 9.17) is 9.47 Å². The van der Waals surface area contributed by atoms with Crippen molar-refractivity contribution in [3.05, 3.63) is 33.4 Å². The fourth-order valence-electron chi connectivity index (χ4n) is 2.31. The molecule has 1 saturated carbocycles. The lowest BCUT2D eigenvalue weighted by atomic mass is 9.91. The normalized spacial score (nSPS) is 25.8. The van der Waals surface area contributed by atoms with Crippen molar-refractivity contribution < 1.29 is 14.4 Å². The van der Waals surface area contributed by atoms with Gasteiger partial charge in [0, 0.05) is 24.4 Å². The van der Waals surface area contributed by atoms with Gasteiger partial charge in [-0.3, -0.25) is 10.1 Å². The van der Waals surface area contributed by atoms with Gasteiger partial charge in [0.15, 0.2) is 5.75 Å². The average molecular weight is 330 g/mol. The van der Waals surface area contributed by atoms with Crippen LogP contribution in [-0.2, 0) is 4.74 Å². The van der Waals surface area contributed by atoms with Gasteiger partial charge in [0.25, 0.3) is 0 Å². The standard InChI is InChI=1S/C13H16BrNO4/c1-7-4-8(2)12(10(5-7)15(16)17)19-11-6-9(14)13(11)18-3/h4-5,9,11,13H,6H2,1-3H3. The van der Waals surface area contributed by atoms with E-state index in [2.05, 4.69) is 15.9 Å². The van der Waals surface area contributed by atoms with Crippen LogP contribution >= 0.6 is 15.9 Å². The number of halogens is 1. The molecule has 1 aromatic carbocycles. The number of hydrogen-bond donors (Lipinski definition) is 0. The van der Waals surface area contributed by atoms with Crippen molar-refractivity contribution in [2.24, 2.45) is 0 Å². The minimum absolute atomic E-state index is 0.0189. The molecule has 0 amide bonds. The molecule has 0 N–H and O–H groups in total. The molecule has 19 heavy (non-hydrogen) atoms. The Morgan fingerprint density at radius 2 is 2.11 bits per heavy atom. The van der Waals surface area contributed by atoms with Gasteiger partial charge in [-0.15, -0.1) is 0 Å². The van der Waals surface area contributed by atoms with Crippen LogP contribution in [0.25, 0.3) is 0 Å². The number of hydrogen-bond acceptors (Lipinski definition) is 4. The minimum atomic E-state index is -0.401. The van der Waals surface area contributed by atoms with Gasteiger partial charge in [-0.25, -0.2) is 0 Å². The highest BCUT2D eigenvalue weighted by atomic mass is 79.9. The molecule has 0 saturated heterocycles. The van der Waals surface area contributed by atoms with Crippen molar-refractivity contribution in [1.29, 1.82) is 0 Å². The van der Waals surface area contributed by atoms with Crippen LogP contribution in [0.15, 0.2) is 12.1 Å². The molecule has 1 aliphatic rings. The van der Waals surface area contributed by atoms with Gasteiger partial charge in [-0.05, 0) is 25.0 Å². The van der Waals surface area contributed by atoms with E-state index >= 15 is 0 Å². The number of rotatable bonds is 4. The fourth-order valence-corrected chi connectivity index (χ4v) is 3.24. The molecular weight excluding hydrogens is 314 g/mol. The number of nitro groups is 1. The maximum absolute atomic E-state index is 11.1. The largest absolute Gasteiger partial charge is 0.480 e. The third kappa shape index (κ3) is 2.74. The molecule has 104 valence electrons. The van der Waals surface area contributed by atoms with Gasteiger partial charge >= 0.3 is 5.69 Å². The quantitative estimate of drug-likeness (QED) is 0.483. The third-order valence-electron chi connectivity index (χ3n) is 3.32. The van der Waals surface area contributed by atoms with Crippen LogP contribution in [0, 0.1) is 24.0 Å². The highest BCUT2D eigenvalue weighted by Gasteiger charge is 2.42. The van der Waals surface area contributed by atoms with E-state index < -0.39 is 4.92 Å². The second-order valence-corrected chi connectivity index (χ2v) is 5.97. The molecule has 6 heteroatoms. The molecule has 5 nitrogen and oxygen atoms in total. The lowest BCUT2D eigenvalue weighted by molar-refractivity contribution is -0.386. The molecule has 1 aromatic rings. The van der Waals surface area contributed by atoms with E-state index in [9.17, 15) is 10.1 Å². The second kappa shape index (κ2) is 5.46. The van der Waals surface area contributed by atoms with E-state index in [0.29, 0.717) is 5.75 Å². The first-order chi connectivity index (χ1) is 8.93. The second-order valence-electron chi connectivity index (χ2n) is 4.80. The summed E-state index contributed by atoms with van der Waals surface area (Å²) >= 11 is 3.48. The number of benzene rings is 1. The monoisotopic (exact) mass is 329 g/mol. The van der Waals surface area contributed by atoms with Crippen molar-refractivity contribution in [3.8, 4) is 5.75 Å². The average Bonchev–Trinajstić information content (AvgIpc) is 2.30. The summed E-state index contributed by atoms with van der Waals surface area (Å²) in [7, 11) is 1.62. The van der Waals surface area contributed by atoms with Crippen molar-refractivity contribution in [2.45, 2.75) is 37.3 Å². The Bertz CT molecular complexity index is 506. The van der Waals surface area contributed by atoms with E-state index in [0.717, 1.165) is 17.5 Å². The maximum atomic E-state index is 11.1. The number of nitrogens with zero attached hydrogens (tertiary/aromatic N) is 1. The Kier molecular flexibility index (Phi) is 4.10. The lowest BCUT2D eigenvalue weighted by Gasteiger charge is -2.40. The third-order valence-corrected chi connectivity index (χ3v) is 4.21. The van der Waals surface area contributed by atoms with Crippen LogP contribution in [0.1, 0.15) is 17.5 Å². The molecule has 1 aliphatic carbocycles. The summed E-state index contributed by atoms with van der Waals surface area (Å²) < 4.78 is 11.1. The fraction of sp³-hybridized carbons (Fsp3) is 0.538. The molecule has 1 fully saturated rings. The highest BCUT2D eigenvalue weighted by molar-refractivity contribution is 9.09. The van der Waals surface area contributed by atoms with E-state index in [1.807, 2.05) is 19.9 Å². The van der Waals surface area contributed by atoms with E-state index in [1.165, 1.54) is 6.07 Å². The molecular formula is C13H16BrNO4. The van der Waals surface area contributed by atoms with Crippen LogP contribution in [0.3, 0.4) is 0 Å². The van der Waals surface area contributed by atoms with E-state index in [1.54, 1.807) is 7.11 Å². The summed E-state index contributed by atoms with van der Waals surface area (Å²) in [6.45, 7) is 3.65. The van der Waals surface area contributed by atoms with Gasteiger partial charge in [-0.2, -0.15) is 0 Å². The molecule has 0 bridgehead atoms. The number of ether oxygens (including phenoxy) is 2. The predicted molar refractivity (Wildman–Crippen MR) is 75.1 cm³/mol. The number of nitro benzene ring substituents is 1. The van der Waals surface area contributed by atoms with Gasteiger partial charge in [0.1, 0.15) is 12.2 Å². The van der Waals surface area contributed by atoms with Crippen molar-refractivity contribution in [2.75, 3.05) is 7.11 Å².